The highest BCUT2D eigenvalue weighted by Crippen LogP contribution is 2.33. The van der Waals surface area contributed by atoms with Gasteiger partial charge in [-0.25, -0.2) is 14.0 Å². The number of anilines is 1. The van der Waals surface area contributed by atoms with Crippen molar-refractivity contribution in [3.63, 3.8) is 0 Å². The minimum Gasteiger partial charge on any atom is -0.340 e. The van der Waals surface area contributed by atoms with Gasteiger partial charge in [0.2, 0.25) is 5.91 Å². The van der Waals surface area contributed by atoms with Crippen molar-refractivity contribution in [1.29, 1.82) is 5.26 Å². The van der Waals surface area contributed by atoms with E-state index in [1.165, 1.54) is 12.2 Å². The Morgan fingerprint density at radius 2 is 1.92 bits per heavy atom. The lowest BCUT2D eigenvalue weighted by Crippen LogP contribution is -2.52. The van der Waals surface area contributed by atoms with Crippen molar-refractivity contribution >= 4 is 41.5 Å². The van der Waals surface area contributed by atoms with E-state index < -0.39 is 0 Å². The topological polar surface area (TPSA) is 92.6 Å². The average molecular weight is 565 g/mol. The molecule has 208 valence electrons. The molecule has 0 aliphatic carbocycles. The SMILES string of the molecule is CCOOSN1CCN(C(=O)CCCCCN2CCN3C(=O)N(c4ccc(C#N)c(Cl)c4C)C[C@@H]3C2)CC1. The lowest BCUT2D eigenvalue weighted by molar-refractivity contribution is -0.189. The Kier molecular flexibility index (Phi) is 10.5. The van der Waals surface area contributed by atoms with E-state index in [-0.39, 0.29) is 18.0 Å². The summed E-state index contributed by atoms with van der Waals surface area (Å²) in [6.07, 6.45) is 3.55. The zero-order valence-corrected chi connectivity index (χ0v) is 23.8. The molecule has 1 atom stereocenters. The molecule has 0 unspecified atom stereocenters. The molecule has 0 spiro atoms. The minimum atomic E-state index is 0.0123. The van der Waals surface area contributed by atoms with Crippen LogP contribution in [0.1, 0.15) is 43.7 Å². The molecule has 3 heterocycles. The molecule has 3 aliphatic rings. The lowest BCUT2D eigenvalue weighted by atomic mass is 10.1. The molecular formula is C26H37ClN6O4S. The number of benzene rings is 1. The lowest BCUT2D eigenvalue weighted by Gasteiger charge is -2.36. The van der Waals surface area contributed by atoms with Gasteiger partial charge in [0.25, 0.3) is 0 Å². The van der Waals surface area contributed by atoms with Gasteiger partial charge < -0.3 is 9.80 Å². The maximum atomic E-state index is 13.1. The molecule has 1 aromatic carbocycles. The first-order valence-electron chi connectivity index (χ1n) is 13.4. The molecule has 1 aromatic rings. The Hall–Kier alpha value is -2.07. The van der Waals surface area contributed by atoms with Crippen LogP contribution < -0.4 is 4.90 Å². The first-order valence-corrected chi connectivity index (χ1v) is 14.5. The van der Waals surface area contributed by atoms with Crippen LogP contribution >= 0.6 is 23.8 Å². The van der Waals surface area contributed by atoms with E-state index in [0.29, 0.717) is 36.7 Å². The number of piperazine rings is 2. The van der Waals surface area contributed by atoms with E-state index in [1.807, 2.05) is 29.7 Å². The summed E-state index contributed by atoms with van der Waals surface area (Å²) in [5.74, 6) is 0.233. The van der Waals surface area contributed by atoms with Gasteiger partial charge in [-0.15, -0.1) is 4.33 Å². The van der Waals surface area contributed by atoms with Gasteiger partial charge in [0.1, 0.15) is 18.3 Å². The maximum absolute atomic E-state index is 13.1. The predicted octanol–water partition coefficient (Wildman–Crippen LogP) is 3.68. The molecular weight excluding hydrogens is 528 g/mol. The minimum absolute atomic E-state index is 0.0123. The van der Waals surface area contributed by atoms with Gasteiger partial charge in [0.15, 0.2) is 0 Å². The molecule has 3 amide bonds. The van der Waals surface area contributed by atoms with Crippen LogP contribution in [0.15, 0.2) is 12.1 Å². The van der Waals surface area contributed by atoms with E-state index in [4.69, 9.17) is 20.8 Å². The van der Waals surface area contributed by atoms with Crippen LogP contribution in [0.25, 0.3) is 0 Å². The number of nitriles is 1. The molecule has 0 radical (unpaired) electrons. The molecule has 38 heavy (non-hydrogen) atoms. The van der Waals surface area contributed by atoms with Crippen LogP contribution in [0.3, 0.4) is 0 Å². The molecule has 3 saturated heterocycles. The van der Waals surface area contributed by atoms with Crippen molar-refractivity contribution in [2.24, 2.45) is 0 Å². The Labute approximate surface area is 234 Å². The highest BCUT2D eigenvalue weighted by molar-refractivity contribution is 7.92. The van der Waals surface area contributed by atoms with Crippen molar-refractivity contribution in [2.75, 3.05) is 70.4 Å². The Bertz CT molecular complexity index is 1030. The summed E-state index contributed by atoms with van der Waals surface area (Å²) >= 11 is 7.57. The number of halogens is 1. The van der Waals surface area contributed by atoms with Crippen LogP contribution in [0.5, 0.6) is 0 Å². The molecule has 12 heteroatoms. The number of unbranched alkanes of at least 4 members (excludes halogenated alkanes) is 2. The predicted molar refractivity (Wildman–Crippen MR) is 148 cm³/mol. The van der Waals surface area contributed by atoms with E-state index >= 15 is 0 Å². The van der Waals surface area contributed by atoms with Crippen LogP contribution in [-0.2, 0) is 14.0 Å². The number of hydrogen-bond donors (Lipinski definition) is 0. The number of carbonyl (C=O) groups excluding carboxylic acids is 2. The Balaban J connectivity index is 1.14. The third-order valence-corrected chi connectivity index (χ3v) is 8.68. The molecule has 0 bridgehead atoms. The summed E-state index contributed by atoms with van der Waals surface area (Å²) < 4.78 is 7.10. The number of urea groups is 1. The number of rotatable bonds is 11. The standard InChI is InChI=1S/C26H37ClN6O4S/c1-3-36-37-38-31-14-12-30(13-15-31)24(34)7-5-4-6-10-29-11-16-32-22(18-29)19-33(26(32)35)23-9-8-21(17-28)25(27)20(23)2/h8-9,22H,3-7,10-16,18-19H2,1-2H3/t22-/m0/s1. The van der Waals surface area contributed by atoms with Crippen molar-refractivity contribution in [3.8, 4) is 6.07 Å². The number of nitrogens with zero attached hydrogens (tertiary/aromatic N) is 6. The first-order chi connectivity index (χ1) is 18.4. The van der Waals surface area contributed by atoms with Crippen molar-refractivity contribution < 1.29 is 18.8 Å². The molecule has 0 N–H and O–H groups in total. The molecule has 3 fully saturated rings. The second-order valence-corrected chi connectivity index (χ2v) is 11.1. The third kappa shape index (κ3) is 6.92. The maximum Gasteiger partial charge on any atom is 0.324 e. The fourth-order valence-electron chi connectivity index (χ4n) is 5.30. The quantitative estimate of drug-likeness (QED) is 0.132. The van der Waals surface area contributed by atoms with E-state index in [9.17, 15) is 14.9 Å². The number of fused-ring (bicyclic) bond motifs is 1. The van der Waals surface area contributed by atoms with Gasteiger partial charge in [-0.2, -0.15) is 5.26 Å². The molecule has 4 rings (SSSR count). The van der Waals surface area contributed by atoms with Crippen LogP contribution in [-0.4, -0.2) is 102 Å². The van der Waals surface area contributed by atoms with Gasteiger partial charge in [-0.3, -0.25) is 14.6 Å². The summed E-state index contributed by atoms with van der Waals surface area (Å²) in [6, 6.07) is 5.76. The van der Waals surface area contributed by atoms with Crippen molar-refractivity contribution in [3.05, 3.63) is 28.3 Å². The highest BCUT2D eigenvalue weighted by atomic mass is 35.5. The van der Waals surface area contributed by atoms with Gasteiger partial charge in [-0.1, -0.05) is 18.0 Å². The molecule has 3 aliphatic heterocycles. The Morgan fingerprint density at radius 1 is 1.13 bits per heavy atom. The molecule has 0 saturated carbocycles. The van der Waals surface area contributed by atoms with E-state index in [1.54, 1.807) is 11.0 Å². The number of amides is 3. The van der Waals surface area contributed by atoms with Gasteiger partial charge in [0, 0.05) is 64.5 Å². The fraction of sp³-hybridized carbons (Fsp3) is 0.654. The van der Waals surface area contributed by atoms with Crippen LogP contribution in [0.4, 0.5) is 10.5 Å². The van der Waals surface area contributed by atoms with Gasteiger partial charge in [0.05, 0.1) is 23.2 Å². The number of carbonyl (C=O) groups is 2. The second-order valence-electron chi connectivity index (χ2n) is 9.89. The normalized spacial score (nSPS) is 20.6. The van der Waals surface area contributed by atoms with E-state index in [2.05, 4.69) is 15.3 Å². The smallest absolute Gasteiger partial charge is 0.324 e. The Morgan fingerprint density at radius 3 is 2.66 bits per heavy atom. The monoisotopic (exact) mass is 564 g/mol. The zero-order chi connectivity index (χ0) is 27.1. The largest absolute Gasteiger partial charge is 0.340 e. The number of hydrogen-bond acceptors (Lipinski definition) is 8. The van der Waals surface area contributed by atoms with E-state index in [0.717, 1.165) is 76.3 Å². The summed E-state index contributed by atoms with van der Waals surface area (Å²) in [5, 5.41) is 9.64. The van der Waals surface area contributed by atoms with Crippen LogP contribution in [0.2, 0.25) is 5.02 Å². The molecule has 10 nitrogen and oxygen atoms in total. The highest BCUT2D eigenvalue weighted by Gasteiger charge is 2.41. The van der Waals surface area contributed by atoms with Crippen molar-refractivity contribution in [1.82, 2.24) is 19.0 Å². The van der Waals surface area contributed by atoms with Crippen LogP contribution in [0, 0.1) is 18.3 Å². The average Bonchev–Trinajstić information content (AvgIpc) is 3.25. The van der Waals surface area contributed by atoms with Gasteiger partial charge in [-0.05, 0) is 50.9 Å². The summed E-state index contributed by atoms with van der Waals surface area (Å²) in [6.45, 7) is 11.2. The van der Waals surface area contributed by atoms with Gasteiger partial charge >= 0.3 is 6.03 Å². The second kappa shape index (κ2) is 13.8. The summed E-state index contributed by atoms with van der Waals surface area (Å²) in [4.78, 5) is 38.7. The first kappa shape index (κ1) is 28.9. The molecule has 0 aromatic heterocycles. The third-order valence-electron chi connectivity index (χ3n) is 7.46. The summed E-state index contributed by atoms with van der Waals surface area (Å²) in [7, 11) is 0. The fourth-order valence-corrected chi connectivity index (χ4v) is 6.04. The summed E-state index contributed by atoms with van der Waals surface area (Å²) in [5.41, 5.74) is 1.97. The zero-order valence-electron chi connectivity index (χ0n) is 22.2. The van der Waals surface area contributed by atoms with Crippen molar-refractivity contribution in [2.45, 2.75) is 45.6 Å².